The summed E-state index contributed by atoms with van der Waals surface area (Å²) in [6.45, 7) is 0.676. The molecule has 0 aromatic heterocycles. The number of fused-ring (bicyclic) bond motifs is 1. The Labute approximate surface area is 186 Å². The minimum Gasteiger partial charge on any atom is -0.497 e. The first kappa shape index (κ1) is 22.1. The summed E-state index contributed by atoms with van der Waals surface area (Å²) in [5.74, 6) is 0.178. The van der Waals surface area contributed by atoms with Gasteiger partial charge in [-0.25, -0.2) is 8.42 Å². The third-order valence-electron chi connectivity index (χ3n) is 5.58. The summed E-state index contributed by atoms with van der Waals surface area (Å²) in [6, 6.07) is 11.8. The minimum absolute atomic E-state index is 0.0551. The number of amides is 2. The second kappa shape index (κ2) is 9.17. The van der Waals surface area contributed by atoms with E-state index in [0.717, 1.165) is 5.56 Å². The minimum atomic E-state index is -3.83. The summed E-state index contributed by atoms with van der Waals surface area (Å²) >= 11 is 0. The number of carbonyl (C=O) groups is 2. The molecule has 2 aliphatic heterocycles. The molecule has 2 N–H and O–H groups in total. The van der Waals surface area contributed by atoms with Crippen molar-refractivity contribution in [2.45, 2.75) is 24.3 Å². The topological polar surface area (TPSA) is 114 Å². The van der Waals surface area contributed by atoms with Crippen molar-refractivity contribution in [3.05, 3.63) is 48.0 Å². The van der Waals surface area contributed by atoms with Crippen molar-refractivity contribution in [1.29, 1.82) is 0 Å². The van der Waals surface area contributed by atoms with Crippen molar-refractivity contribution in [1.82, 2.24) is 9.62 Å². The quantitative estimate of drug-likeness (QED) is 0.680. The third kappa shape index (κ3) is 4.71. The smallest absolute Gasteiger partial charge is 0.262 e. The van der Waals surface area contributed by atoms with E-state index in [-0.39, 0.29) is 29.9 Å². The van der Waals surface area contributed by atoms with Gasteiger partial charge in [-0.1, -0.05) is 12.1 Å². The van der Waals surface area contributed by atoms with Crippen molar-refractivity contribution in [2.75, 3.05) is 32.1 Å². The molecule has 0 bridgehead atoms. The van der Waals surface area contributed by atoms with Crippen LogP contribution in [0.5, 0.6) is 11.5 Å². The zero-order valence-electron chi connectivity index (χ0n) is 17.7. The molecule has 2 aromatic rings. The van der Waals surface area contributed by atoms with Crippen LogP contribution < -0.4 is 20.1 Å². The predicted molar refractivity (Wildman–Crippen MR) is 117 cm³/mol. The zero-order valence-corrected chi connectivity index (χ0v) is 18.5. The molecule has 2 aromatic carbocycles. The van der Waals surface area contributed by atoms with Gasteiger partial charge in [-0.2, -0.15) is 4.31 Å². The van der Waals surface area contributed by atoms with Crippen molar-refractivity contribution in [3.63, 3.8) is 0 Å². The van der Waals surface area contributed by atoms with Crippen molar-refractivity contribution in [2.24, 2.45) is 5.92 Å². The largest absolute Gasteiger partial charge is 0.497 e. The monoisotopic (exact) mass is 459 g/mol. The van der Waals surface area contributed by atoms with Gasteiger partial charge in [0, 0.05) is 19.6 Å². The normalized spacial score (nSPS) is 18.8. The molecule has 0 spiro atoms. The number of methoxy groups -OCH3 is 1. The number of hydrogen-bond acceptors (Lipinski definition) is 6. The molecule has 2 aliphatic rings. The number of benzene rings is 2. The summed E-state index contributed by atoms with van der Waals surface area (Å²) in [7, 11) is -2.24. The van der Waals surface area contributed by atoms with Gasteiger partial charge >= 0.3 is 0 Å². The Hall–Kier alpha value is -3.11. The molecule has 1 unspecified atom stereocenters. The summed E-state index contributed by atoms with van der Waals surface area (Å²) in [5.41, 5.74) is 1.23. The van der Waals surface area contributed by atoms with Gasteiger partial charge in [0.15, 0.2) is 6.61 Å². The number of anilines is 1. The highest BCUT2D eigenvalue weighted by atomic mass is 32.2. The SMILES string of the molecule is COc1cccc(CNC(=O)C2CCCN(S(=O)(=O)c3ccc4c(c3)NC(=O)CO4)C2)c1. The van der Waals surface area contributed by atoms with E-state index in [1.165, 1.54) is 22.5 Å². The molecule has 0 saturated carbocycles. The molecule has 0 radical (unpaired) electrons. The number of piperidine rings is 1. The number of rotatable bonds is 6. The van der Waals surface area contributed by atoms with E-state index in [1.807, 2.05) is 24.3 Å². The van der Waals surface area contributed by atoms with Crippen LogP contribution in [0.4, 0.5) is 5.69 Å². The molecule has 2 heterocycles. The molecule has 4 rings (SSSR count). The van der Waals surface area contributed by atoms with Crippen LogP contribution in [0.3, 0.4) is 0 Å². The summed E-state index contributed by atoms with van der Waals surface area (Å²) < 4.78 is 38.2. The fourth-order valence-electron chi connectivity index (χ4n) is 3.86. The van der Waals surface area contributed by atoms with E-state index in [0.29, 0.717) is 43.1 Å². The molecular weight excluding hydrogens is 434 g/mol. The molecule has 0 aliphatic carbocycles. The number of hydrogen-bond donors (Lipinski definition) is 2. The van der Waals surface area contributed by atoms with Gasteiger partial charge in [0.05, 0.1) is 23.6 Å². The van der Waals surface area contributed by atoms with E-state index in [9.17, 15) is 18.0 Å². The molecule has 1 saturated heterocycles. The molecule has 2 amide bonds. The van der Waals surface area contributed by atoms with Crippen LogP contribution in [0.2, 0.25) is 0 Å². The Balaban J connectivity index is 1.43. The second-order valence-electron chi connectivity index (χ2n) is 7.77. The van der Waals surface area contributed by atoms with E-state index in [4.69, 9.17) is 9.47 Å². The van der Waals surface area contributed by atoms with Gasteiger partial charge in [0.25, 0.3) is 5.91 Å². The highest BCUT2D eigenvalue weighted by Crippen LogP contribution is 2.32. The van der Waals surface area contributed by atoms with Crippen LogP contribution in [-0.4, -0.2) is 51.3 Å². The standard InChI is InChI=1S/C22H25N3O6S/c1-30-17-6-2-4-15(10-17)12-23-22(27)16-5-3-9-25(13-16)32(28,29)18-7-8-20-19(11-18)24-21(26)14-31-20/h2,4,6-8,10-11,16H,3,5,9,12-14H2,1H3,(H,23,27)(H,24,26). The van der Waals surface area contributed by atoms with Crippen LogP contribution in [0.1, 0.15) is 18.4 Å². The Morgan fingerprint density at radius 2 is 2.12 bits per heavy atom. The van der Waals surface area contributed by atoms with Gasteiger partial charge in [-0.15, -0.1) is 0 Å². The summed E-state index contributed by atoms with van der Waals surface area (Å²) in [4.78, 5) is 24.3. The molecule has 9 nitrogen and oxygen atoms in total. The van der Waals surface area contributed by atoms with Crippen LogP contribution in [0.25, 0.3) is 0 Å². The second-order valence-corrected chi connectivity index (χ2v) is 9.70. The van der Waals surface area contributed by atoms with Crippen LogP contribution in [0.15, 0.2) is 47.4 Å². The van der Waals surface area contributed by atoms with Gasteiger partial charge in [0.2, 0.25) is 15.9 Å². The third-order valence-corrected chi connectivity index (χ3v) is 7.44. The van der Waals surface area contributed by atoms with Crippen LogP contribution in [0, 0.1) is 5.92 Å². The lowest BCUT2D eigenvalue weighted by Gasteiger charge is -2.31. The van der Waals surface area contributed by atoms with E-state index >= 15 is 0 Å². The van der Waals surface area contributed by atoms with Gasteiger partial charge in [-0.05, 0) is 48.7 Å². The lowest BCUT2D eigenvalue weighted by Crippen LogP contribution is -2.45. The van der Waals surface area contributed by atoms with Crippen molar-refractivity contribution >= 4 is 27.5 Å². The zero-order chi connectivity index (χ0) is 22.7. The predicted octanol–water partition coefficient (Wildman–Crippen LogP) is 1.74. The summed E-state index contributed by atoms with van der Waals surface area (Å²) in [5, 5.41) is 5.52. The Kier molecular flexibility index (Phi) is 6.33. The molecule has 32 heavy (non-hydrogen) atoms. The molecule has 170 valence electrons. The molecule has 1 atom stereocenters. The van der Waals surface area contributed by atoms with Gasteiger partial charge < -0.3 is 20.1 Å². The van der Waals surface area contributed by atoms with Crippen molar-refractivity contribution < 1.29 is 27.5 Å². The number of nitrogens with one attached hydrogen (secondary N) is 2. The molecule has 10 heteroatoms. The average Bonchev–Trinajstić information content (AvgIpc) is 2.82. The number of ether oxygens (including phenoxy) is 2. The summed E-state index contributed by atoms with van der Waals surface area (Å²) in [6.07, 6.45) is 1.20. The Morgan fingerprint density at radius 1 is 1.28 bits per heavy atom. The first-order valence-corrected chi connectivity index (χ1v) is 11.8. The van der Waals surface area contributed by atoms with E-state index in [2.05, 4.69) is 10.6 Å². The lowest BCUT2D eigenvalue weighted by molar-refractivity contribution is -0.126. The maximum atomic E-state index is 13.2. The van der Waals surface area contributed by atoms with E-state index in [1.54, 1.807) is 7.11 Å². The highest BCUT2D eigenvalue weighted by Gasteiger charge is 2.34. The van der Waals surface area contributed by atoms with Crippen LogP contribution in [-0.2, 0) is 26.2 Å². The lowest BCUT2D eigenvalue weighted by atomic mass is 9.99. The maximum absolute atomic E-state index is 13.2. The fourth-order valence-corrected chi connectivity index (χ4v) is 5.41. The Morgan fingerprint density at radius 3 is 2.94 bits per heavy atom. The highest BCUT2D eigenvalue weighted by molar-refractivity contribution is 7.89. The fraction of sp³-hybridized carbons (Fsp3) is 0.364. The van der Waals surface area contributed by atoms with Crippen LogP contribution >= 0.6 is 0 Å². The van der Waals surface area contributed by atoms with Gasteiger partial charge in [0.1, 0.15) is 11.5 Å². The molecular formula is C22H25N3O6S. The van der Waals surface area contributed by atoms with Gasteiger partial charge in [-0.3, -0.25) is 9.59 Å². The maximum Gasteiger partial charge on any atom is 0.262 e. The first-order valence-electron chi connectivity index (χ1n) is 10.3. The number of sulfonamides is 1. The number of carbonyl (C=O) groups excluding carboxylic acids is 2. The van der Waals surface area contributed by atoms with E-state index < -0.39 is 15.9 Å². The molecule has 1 fully saturated rings. The Bertz CT molecular complexity index is 1130. The number of nitrogens with zero attached hydrogens (tertiary/aromatic N) is 1. The van der Waals surface area contributed by atoms with Crippen molar-refractivity contribution in [3.8, 4) is 11.5 Å². The first-order chi connectivity index (χ1) is 15.4. The average molecular weight is 460 g/mol.